The maximum Gasteiger partial charge on any atom is 0.328 e. The Morgan fingerprint density at radius 1 is 1.44 bits per heavy atom. The zero-order chi connectivity index (χ0) is 13.0. The van der Waals surface area contributed by atoms with Gasteiger partial charge >= 0.3 is 5.97 Å². The highest BCUT2D eigenvalue weighted by Gasteiger charge is 2.06. The second kappa shape index (κ2) is 5.31. The van der Waals surface area contributed by atoms with Crippen molar-refractivity contribution in [3.8, 4) is 0 Å². The van der Waals surface area contributed by atoms with Crippen LogP contribution in [0, 0.1) is 6.92 Å². The van der Waals surface area contributed by atoms with Crippen molar-refractivity contribution in [1.82, 2.24) is 14.8 Å². The van der Waals surface area contributed by atoms with Crippen molar-refractivity contribution in [3.05, 3.63) is 41.9 Å². The molecule has 0 atom stereocenters. The minimum atomic E-state index is -0.374. The van der Waals surface area contributed by atoms with E-state index in [4.69, 9.17) is 10.5 Å². The van der Waals surface area contributed by atoms with Crippen molar-refractivity contribution in [3.63, 3.8) is 0 Å². The molecule has 2 aromatic heterocycles. The topological polar surface area (TPSA) is 83.0 Å². The third-order valence-electron chi connectivity index (χ3n) is 2.28. The van der Waals surface area contributed by atoms with Gasteiger partial charge in [0.2, 0.25) is 0 Å². The summed E-state index contributed by atoms with van der Waals surface area (Å²) in [6.45, 7) is 2.10. The zero-order valence-electron chi connectivity index (χ0n) is 10.0. The van der Waals surface area contributed by atoms with Crippen molar-refractivity contribution in [2.24, 2.45) is 0 Å². The minimum Gasteiger partial charge on any atom is -0.458 e. The molecule has 2 aromatic rings. The van der Waals surface area contributed by atoms with Gasteiger partial charge in [-0.25, -0.2) is 0 Å². The normalized spacial score (nSPS) is 10.3. The number of nitrogens with two attached hydrogens (primary N) is 1. The molecule has 0 aliphatic carbocycles. The summed E-state index contributed by atoms with van der Waals surface area (Å²) in [5.74, 6) is 0.00422. The van der Waals surface area contributed by atoms with Gasteiger partial charge in [-0.3, -0.25) is 14.5 Å². The average molecular weight is 246 g/mol. The van der Waals surface area contributed by atoms with Gasteiger partial charge in [-0.15, -0.1) is 0 Å². The first-order chi connectivity index (χ1) is 8.63. The van der Waals surface area contributed by atoms with Crippen molar-refractivity contribution in [1.29, 1.82) is 0 Å². The lowest BCUT2D eigenvalue weighted by Crippen LogP contribution is -2.14. The number of carbonyl (C=O) groups is 1. The molecule has 0 aliphatic heterocycles. The number of ether oxygens (including phenoxy) is 1. The summed E-state index contributed by atoms with van der Waals surface area (Å²) >= 11 is 0. The van der Waals surface area contributed by atoms with Crippen LogP contribution in [-0.2, 0) is 22.7 Å². The number of anilines is 1. The molecular weight excluding hydrogens is 232 g/mol. The molecule has 0 aromatic carbocycles. The monoisotopic (exact) mass is 246 g/mol. The smallest absolute Gasteiger partial charge is 0.328 e. The average Bonchev–Trinajstić information content (AvgIpc) is 2.72. The maximum absolute atomic E-state index is 11.5. The van der Waals surface area contributed by atoms with Gasteiger partial charge in [0, 0.05) is 11.9 Å². The van der Waals surface area contributed by atoms with E-state index in [1.807, 2.05) is 25.1 Å². The third-order valence-corrected chi connectivity index (χ3v) is 2.28. The van der Waals surface area contributed by atoms with Crippen LogP contribution in [0.4, 0.5) is 5.82 Å². The molecule has 0 saturated carbocycles. The Morgan fingerprint density at radius 2 is 2.28 bits per heavy atom. The highest BCUT2D eigenvalue weighted by molar-refractivity contribution is 5.69. The van der Waals surface area contributed by atoms with Crippen LogP contribution in [0.15, 0.2) is 30.5 Å². The van der Waals surface area contributed by atoms with E-state index in [0.29, 0.717) is 5.82 Å². The summed E-state index contributed by atoms with van der Waals surface area (Å²) in [6.07, 6.45) is 1.63. The number of hydrogen-bond acceptors (Lipinski definition) is 5. The van der Waals surface area contributed by atoms with E-state index in [1.165, 1.54) is 4.68 Å². The minimum absolute atomic E-state index is 0.0447. The van der Waals surface area contributed by atoms with Gasteiger partial charge in [-0.2, -0.15) is 5.10 Å². The molecule has 94 valence electrons. The number of aromatic nitrogens is 3. The number of aryl methyl sites for hydroxylation is 1. The molecule has 0 saturated heterocycles. The van der Waals surface area contributed by atoms with Crippen LogP contribution in [0.2, 0.25) is 0 Å². The molecule has 6 heteroatoms. The van der Waals surface area contributed by atoms with E-state index in [2.05, 4.69) is 10.1 Å². The highest BCUT2D eigenvalue weighted by Crippen LogP contribution is 2.01. The Labute approximate surface area is 104 Å². The van der Waals surface area contributed by atoms with Crippen LogP contribution in [0.25, 0.3) is 0 Å². The van der Waals surface area contributed by atoms with E-state index in [1.54, 1.807) is 12.3 Å². The van der Waals surface area contributed by atoms with Crippen LogP contribution in [-0.4, -0.2) is 20.7 Å². The van der Waals surface area contributed by atoms with E-state index < -0.39 is 0 Å². The summed E-state index contributed by atoms with van der Waals surface area (Å²) in [6, 6.07) is 7.19. The van der Waals surface area contributed by atoms with Crippen molar-refractivity contribution in [2.45, 2.75) is 20.1 Å². The molecule has 0 radical (unpaired) electrons. The second-order valence-corrected chi connectivity index (χ2v) is 3.87. The van der Waals surface area contributed by atoms with Crippen molar-refractivity contribution >= 4 is 11.8 Å². The van der Waals surface area contributed by atoms with Gasteiger partial charge in [-0.05, 0) is 25.1 Å². The summed E-state index contributed by atoms with van der Waals surface area (Å²) in [5, 5.41) is 3.90. The molecule has 0 aliphatic rings. The highest BCUT2D eigenvalue weighted by atomic mass is 16.5. The standard InChI is InChI=1S/C12H14N4O2/c1-9-3-2-4-10(14-9)8-18-12(17)7-16-6-5-11(13)15-16/h2-6H,7-8H2,1H3,(H2,13,15). The Morgan fingerprint density at radius 3 is 2.94 bits per heavy atom. The summed E-state index contributed by atoms with van der Waals surface area (Å²) in [5.41, 5.74) is 7.06. The fourth-order valence-electron chi connectivity index (χ4n) is 1.48. The molecule has 0 unspecified atom stereocenters. The number of carbonyl (C=O) groups excluding carboxylic acids is 1. The largest absolute Gasteiger partial charge is 0.458 e. The lowest BCUT2D eigenvalue weighted by atomic mass is 10.3. The van der Waals surface area contributed by atoms with Crippen LogP contribution in [0.3, 0.4) is 0 Å². The predicted octanol–water partition coefficient (Wildman–Crippen LogP) is 0.912. The third kappa shape index (κ3) is 3.31. The van der Waals surface area contributed by atoms with Gasteiger partial charge in [0.05, 0.1) is 5.69 Å². The van der Waals surface area contributed by atoms with E-state index in [0.717, 1.165) is 11.4 Å². The van der Waals surface area contributed by atoms with Crippen LogP contribution in [0.5, 0.6) is 0 Å². The van der Waals surface area contributed by atoms with E-state index >= 15 is 0 Å². The Balaban J connectivity index is 1.85. The molecule has 0 fully saturated rings. The van der Waals surface area contributed by atoms with E-state index in [-0.39, 0.29) is 19.1 Å². The molecular formula is C12H14N4O2. The first-order valence-electron chi connectivity index (χ1n) is 5.50. The van der Waals surface area contributed by atoms with E-state index in [9.17, 15) is 4.79 Å². The van der Waals surface area contributed by atoms with Gasteiger partial charge in [0.1, 0.15) is 19.0 Å². The Hall–Kier alpha value is -2.37. The van der Waals surface area contributed by atoms with Gasteiger partial charge in [-0.1, -0.05) is 6.07 Å². The predicted molar refractivity (Wildman–Crippen MR) is 65.4 cm³/mol. The van der Waals surface area contributed by atoms with Crippen LogP contribution < -0.4 is 5.73 Å². The number of rotatable bonds is 4. The SMILES string of the molecule is Cc1cccc(COC(=O)Cn2ccc(N)n2)n1. The molecule has 0 spiro atoms. The van der Waals surface area contributed by atoms with Gasteiger partial charge < -0.3 is 10.5 Å². The first-order valence-corrected chi connectivity index (χ1v) is 5.50. The van der Waals surface area contributed by atoms with Crippen molar-refractivity contribution < 1.29 is 9.53 Å². The number of nitrogens with zero attached hydrogens (tertiary/aromatic N) is 3. The quantitative estimate of drug-likeness (QED) is 0.811. The van der Waals surface area contributed by atoms with Gasteiger partial charge in [0.25, 0.3) is 0 Å². The number of pyridine rings is 1. The Kier molecular flexibility index (Phi) is 3.57. The Bertz CT molecular complexity index is 551. The van der Waals surface area contributed by atoms with Crippen LogP contribution >= 0.6 is 0 Å². The molecule has 18 heavy (non-hydrogen) atoms. The summed E-state index contributed by atoms with van der Waals surface area (Å²) in [7, 11) is 0. The number of hydrogen-bond donors (Lipinski definition) is 1. The molecule has 0 amide bonds. The van der Waals surface area contributed by atoms with Crippen molar-refractivity contribution in [2.75, 3.05) is 5.73 Å². The number of esters is 1. The maximum atomic E-state index is 11.5. The molecule has 0 bridgehead atoms. The van der Waals surface area contributed by atoms with Crippen LogP contribution in [0.1, 0.15) is 11.4 Å². The summed E-state index contributed by atoms with van der Waals surface area (Å²) in [4.78, 5) is 15.8. The molecule has 2 rings (SSSR count). The first kappa shape index (κ1) is 12.1. The molecule has 2 N–H and O–H groups in total. The molecule has 2 heterocycles. The lowest BCUT2D eigenvalue weighted by molar-refractivity contribution is -0.146. The molecule has 6 nitrogen and oxygen atoms in total. The van der Waals surface area contributed by atoms with Gasteiger partial charge in [0.15, 0.2) is 0 Å². The number of nitrogen functional groups attached to an aromatic ring is 1. The lowest BCUT2D eigenvalue weighted by Gasteiger charge is -2.05. The fourth-order valence-corrected chi connectivity index (χ4v) is 1.48. The zero-order valence-corrected chi connectivity index (χ0v) is 10.0. The summed E-state index contributed by atoms with van der Waals surface area (Å²) < 4.78 is 6.53. The second-order valence-electron chi connectivity index (χ2n) is 3.87. The fraction of sp³-hybridized carbons (Fsp3) is 0.250.